The second-order valence-electron chi connectivity index (χ2n) is 3.43. The average molecular weight is 217 g/mol. The summed E-state index contributed by atoms with van der Waals surface area (Å²) in [5.74, 6) is -0.397. The summed E-state index contributed by atoms with van der Waals surface area (Å²) < 4.78 is 4.64. The SMILES string of the molecule is C=CC(=O)OCC(O)CNCC(C)CO. The van der Waals surface area contributed by atoms with Crippen molar-refractivity contribution < 1.29 is 19.7 Å². The molecule has 3 N–H and O–H groups in total. The smallest absolute Gasteiger partial charge is 0.330 e. The Labute approximate surface area is 89.7 Å². The number of hydrogen-bond acceptors (Lipinski definition) is 5. The quantitative estimate of drug-likeness (QED) is 0.370. The molecule has 88 valence electrons. The van der Waals surface area contributed by atoms with E-state index in [1.165, 1.54) is 0 Å². The normalized spacial score (nSPS) is 14.3. The van der Waals surface area contributed by atoms with E-state index in [1.54, 1.807) is 0 Å². The van der Waals surface area contributed by atoms with Crippen LogP contribution in [0, 0.1) is 5.92 Å². The first-order valence-corrected chi connectivity index (χ1v) is 4.89. The van der Waals surface area contributed by atoms with E-state index < -0.39 is 12.1 Å². The van der Waals surface area contributed by atoms with Gasteiger partial charge in [0.15, 0.2) is 0 Å². The highest BCUT2D eigenvalue weighted by molar-refractivity contribution is 5.81. The summed E-state index contributed by atoms with van der Waals surface area (Å²) in [6.07, 6.45) is 0.313. The summed E-state index contributed by atoms with van der Waals surface area (Å²) in [4.78, 5) is 10.6. The molecule has 0 spiro atoms. The molecule has 0 aromatic carbocycles. The summed E-state index contributed by atoms with van der Waals surface area (Å²) >= 11 is 0. The van der Waals surface area contributed by atoms with E-state index in [0.717, 1.165) is 6.08 Å². The number of hydrogen-bond donors (Lipinski definition) is 3. The van der Waals surface area contributed by atoms with Crippen LogP contribution in [-0.4, -0.2) is 48.6 Å². The summed E-state index contributed by atoms with van der Waals surface area (Å²) in [5.41, 5.74) is 0. The Bertz CT molecular complexity index is 196. The third-order valence-corrected chi connectivity index (χ3v) is 1.77. The zero-order valence-corrected chi connectivity index (χ0v) is 8.98. The van der Waals surface area contributed by atoms with Gasteiger partial charge in [0, 0.05) is 19.2 Å². The third kappa shape index (κ3) is 8.11. The van der Waals surface area contributed by atoms with Crippen LogP contribution in [0.15, 0.2) is 12.7 Å². The van der Waals surface area contributed by atoms with Crippen LogP contribution in [0.4, 0.5) is 0 Å². The van der Waals surface area contributed by atoms with Gasteiger partial charge in [0.05, 0.1) is 0 Å². The number of carbonyl (C=O) groups excluding carboxylic acids is 1. The minimum absolute atomic E-state index is 0.0502. The molecule has 15 heavy (non-hydrogen) atoms. The minimum atomic E-state index is -0.736. The van der Waals surface area contributed by atoms with Crippen molar-refractivity contribution >= 4 is 5.97 Å². The van der Waals surface area contributed by atoms with Crippen LogP contribution >= 0.6 is 0 Å². The van der Waals surface area contributed by atoms with Gasteiger partial charge in [0.2, 0.25) is 0 Å². The molecular weight excluding hydrogens is 198 g/mol. The molecule has 0 aliphatic rings. The second-order valence-corrected chi connectivity index (χ2v) is 3.43. The van der Waals surface area contributed by atoms with E-state index in [-0.39, 0.29) is 19.1 Å². The van der Waals surface area contributed by atoms with Crippen molar-refractivity contribution in [3.8, 4) is 0 Å². The van der Waals surface area contributed by atoms with Crippen molar-refractivity contribution in [2.24, 2.45) is 5.92 Å². The molecule has 0 aliphatic carbocycles. The lowest BCUT2D eigenvalue weighted by atomic mass is 10.2. The molecule has 5 nitrogen and oxygen atoms in total. The number of carbonyl (C=O) groups is 1. The molecule has 0 aromatic rings. The van der Waals surface area contributed by atoms with E-state index in [9.17, 15) is 9.90 Å². The molecule has 0 saturated carbocycles. The van der Waals surface area contributed by atoms with Gasteiger partial charge in [-0.05, 0) is 12.5 Å². The summed E-state index contributed by atoms with van der Waals surface area (Å²) in [6, 6.07) is 0. The van der Waals surface area contributed by atoms with Gasteiger partial charge in [-0.1, -0.05) is 13.5 Å². The maximum Gasteiger partial charge on any atom is 0.330 e. The maximum absolute atomic E-state index is 10.6. The van der Waals surface area contributed by atoms with Crippen molar-refractivity contribution in [1.82, 2.24) is 5.32 Å². The molecular formula is C10H19NO4. The van der Waals surface area contributed by atoms with Gasteiger partial charge in [-0.25, -0.2) is 4.79 Å². The first-order valence-electron chi connectivity index (χ1n) is 4.89. The molecule has 0 amide bonds. The van der Waals surface area contributed by atoms with Crippen molar-refractivity contribution in [3.05, 3.63) is 12.7 Å². The van der Waals surface area contributed by atoms with E-state index in [4.69, 9.17) is 5.11 Å². The highest BCUT2D eigenvalue weighted by atomic mass is 16.5. The topological polar surface area (TPSA) is 78.8 Å². The summed E-state index contributed by atoms with van der Waals surface area (Å²) in [6.45, 7) is 6.12. The van der Waals surface area contributed by atoms with Gasteiger partial charge in [-0.2, -0.15) is 0 Å². The first-order chi connectivity index (χ1) is 7.10. The lowest BCUT2D eigenvalue weighted by molar-refractivity contribution is -0.140. The van der Waals surface area contributed by atoms with Crippen LogP contribution < -0.4 is 5.32 Å². The van der Waals surface area contributed by atoms with Gasteiger partial charge in [0.1, 0.15) is 12.7 Å². The molecule has 5 heteroatoms. The predicted molar refractivity (Wildman–Crippen MR) is 56.3 cm³/mol. The molecule has 0 heterocycles. The predicted octanol–water partition coefficient (Wildman–Crippen LogP) is -0.706. The molecule has 2 atom stereocenters. The van der Waals surface area contributed by atoms with E-state index in [1.807, 2.05) is 6.92 Å². The molecule has 0 radical (unpaired) electrons. The Kier molecular flexibility index (Phi) is 7.89. The lowest BCUT2D eigenvalue weighted by Gasteiger charge is -2.13. The van der Waals surface area contributed by atoms with Crippen LogP contribution in [0.2, 0.25) is 0 Å². The molecule has 2 unspecified atom stereocenters. The van der Waals surface area contributed by atoms with Crippen molar-refractivity contribution in [2.75, 3.05) is 26.3 Å². The van der Waals surface area contributed by atoms with Crippen LogP contribution in [0.3, 0.4) is 0 Å². The summed E-state index contributed by atoms with van der Waals surface area (Å²) in [5, 5.41) is 21.0. The van der Waals surface area contributed by atoms with Gasteiger partial charge in [0.25, 0.3) is 0 Å². The van der Waals surface area contributed by atoms with Gasteiger partial charge >= 0.3 is 5.97 Å². The van der Waals surface area contributed by atoms with Gasteiger partial charge < -0.3 is 20.3 Å². The van der Waals surface area contributed by atoms with Crippen LogP contribution in [0.5, 0.6) is 0 Å². The molecule has 0 rings (SSSR count). The first kappa shape index (κ1) is 14.1. The van der Waals surface area contributed by atoms with Crippen molar-refractivity contribution in [3.63, 3.8) is 0 Å². The zero-order valence-electron chi connectivity index (χ0n) is 8.98. The average Bonchev–Trinajstić information content (AvgIpc) is 2.25. The van der Waals surface area contributed by atoms with E-state index >= 15 is 0 Å². The molecule has 0 bridgehead atoms. The second kappa shape index (κ2) is 8.40. The fraction of sp³-hybridized carbons (Fsp3) is 0.700. The molecule has 0 aliphatic heterocycles. The maximum atomic E-state index is 10.6. The minimum Gasteiger partial charge on any atom is -0.460 e. The molecule has 0 fully saturated rings. The Hall–Kier alpha value is -0.910. The number of nitrogens with one attached hydrogen (secondary N) is 1. The molecule has 0 aromatic heterocycles. The molecule has 0 saturated heterocycles. The van der Waals surface area contributed by atoms with E-state index in [0.29, 0.717) is 13.1 Å². The Morgan fingerprint density at radius 2 is 2.27 bits per heavy atom. The third-order valence-electron chi connectivity index (χ3n) is 1.77. The summed E-state index contributed by atoms with van der Waals surface area (Å²) in [7, 11) is 0. The van der Waals surface area contributed by atoms with E-state index in [2.05, 4.69) is 16.6 Å². The van der Waals surface area contributed by atoms with Crippen LogP contribution in [-0.2, 0) is 9.53 Å². The number of aliphatic hydroxyl groups is 2. The zero-order chi connectivity index (χ0) is 11.7. The number of ether oxygens (including phenoxy) is 1. The Morgan fingerprint density at radius 1 is 1.60 bits per heavy atom. The van der Waals surface area contributed by atoms with Gasteiger partial charge in [-0.15, -0.1) is 0 Å². The number of rotatable bonds is 8. The van der Waals surface area contributed by atoms with Crippen LogP contribution in [0.25, 0.3) is 0 Å². The Morgan fingerprint density at radius 3 is 2.80 bits per heavy atom. The standard InChI is InChI=1S/C10H19NO4/c1-3-10(14)15-7-9(13)5-11-4-8(2)6-12/h3,8-9,11-13H,1,4-7H2,2H3. The van der Waals surface area contributed by atoms with Crippen molar-refractivity contribution in [2.45, 2.75) is 13.0 Å². The Balaban J connectivity index is 3.44. The number of esters is 1. The fourth-order valence-electron chi connectivity index (χ4n) is 0.857. The number of aliphatic hydroxyl groups excluding tert-OH is 2. The van der Waals surface area contributed by atoms with Crippen LogP contribution in [0.1, 0.15) is 6.92 Å². The lowest BCUT2D eigenvalue weighted by Crippen LogP contribution is -2.34. The van der Waals surface area contributed by atoms with Crippen molar-refractivity contribution in [1.29, 1.82) is 0 Å². The largest absolute Gasteiger partial charge is 0.460 e. The highest BCUT2D eigenvalue weighted by Gasteiger charge is 2.07. The van der Waals surface area contributed by atoms with Gasteiger partial charge in [-0.3, -0.25) is 0 Å². The fourth-order valence-corrected chi connectivity index (χ4v) is 0.857. The highest BCUT2D eigenvalue weighted by Crippen LogP contribution is 1.90. The monoisotopic (exact) mass is 217 g/mol.